The van der Waals surface area contributed by atoms with Crippen LogP contribution in [-0.4, -0.2) is 62.7 Å². The molecule has 92 valence electrons. The van der Waals surface area contributed by atoms with Crippen LogP contribution in [-0.2, 0) is 0 Å². The summed E-state index contributed by atoms with van der Waals surface area (Å²) in [5.74, 6) is 0. The van der Waals surface area contributed by atoms with Crippen LogP contribution >= 0.6 is 0 Å². The average molecular weight is 215 g/mol. The molecule has 0 aromatic rings. The number of nitrogens with one attached hydrogen (secondary N) is 1. The van der Waals surface area contributed by atoms with E-state index < -0.39 is 0 Å². The van der Waals surface area contributed by atoms with Crippen molar-refractivity contribution in [3.05, 3.63) is 0 Å². The van der Waals surface area contributed by atoms with Crippen LogP contribution in [0.1, 0.15) is 27.2 Å². The molecule has 3 nitrogen and oxygen atoms in total. The molecule has 0 heterocycles. The highest BCUT2D eigenvalue weighted by Gasteiger charge is 2.11. The Bertz CT molecular complexity index is 137. The summed E-state index contributed by atoms with van der Waals surface area (Å²) < 4.78 is 0. The number of hydrogen-bond donors (Lipinski definition) is 1. The zero-order chi connectivity index (χ0) is 11.7. The van der Waals surface area contributed by atoms with Gasteiger partial charge in [-0.3, -0.25) is 4.90 Å². The Labute approximate surface area is 95.8 Å². The molecule has 0 saturated heterocycles. The fourth-order valence-electron chi connectivity index (χ4n) is 1.65. The third kappa shape index (κ3) is 7.77. The van der Waals surface area contributed by atoms with Crippen LogP contribution in [0.4, 0.5) is 0 Å². The van der Waals surface area contributed by atoms with Gasteiger partial charge in [-0.05, 0) is 40.5 Å². The molecule has 0 aliphatic carbocycles. The van der Waals surface area contributed by atoms with Crippen molar-refractivity contribution in [1.82, 2.24) is 15.1 Å². The number of hydrogen-bond acceptors (Lipinski definition) is 3. The highest BCUT2D eigenvalue weighted by Crippen LogP contribution is 1.99. The molecule has 1 unspecified atom stereocenters. The van der Waals surface area contributed by atoms with Gasteiger partial charge in [-0.25, -0.2) is 0 Å². The largest absolute Gasteiger partial charge is 0.315 e. The fourth-order valence-corrected chi connectivity index (χ4v) is 1.65. The summed E-state index contributed by atoms with van der Waals surface area (Å²) >= 11 is 0. The molecule has 0 saturated carbocycles. The van der Waals surface area contributed by atoms with Crippen LogP contribution in [0.3, 0.4) is 0 Å². The molecule has 0 aromatic carbocycles. The maximum Gasteiger partial charge on any atom is 0.0192 e. The first-order valence-corrected chi connectivity index (χ1v) is 6.21. The zero-order valence-electron chi connectivity index (χ0n) is 11.2. The predicted octanol–water partition coefficient (Wildman–Crippen LogP) is 1.26. The monoisotopic (exact) mass is 215 g/mol. The summed E-state index contributed by atoms with van der Waals surface area (Å²) in [4.78, 5) is 4.82. The summed E-state index contributed by atoms with van der Waals surface area (Å²) in [5.41, 5.74) is 0. The average Bonchev–Trinajstić information content (AvgIpc) is 2.20. The Morgan fingerprint density at radius 3 is 2.20 bits per heavy atom. The first kappa shape index (κ1) is 14.9. The van der Waals surface area contributed by atoms with Gasteiger partial charge in [0.05, 0.1) is 0 Å². The molecule has 0 spiro atoms. The molecule has 0 aromatic heterocycles. The van der Waals surface area contributed by atoms with E-state index in [0.29, 0.717) is 6.04 Å². The molecule has 1 N–H and O–H groups in total. The van der Waals surface area contributed by atoms with Crippen LogP contribution < -0.4 is 5.32 Å². The van der Waals surface area contributed by atoms with E-state index in [4.69, 9.17) is 0 Å². The van der Waals surface area contributed by atoms with E-state index in [1.807, 2.05) is 0 Å². The van der Waals surface area contributed by atoms with Crippen molar-refractivity contribution in [2.75, 3.05) is 46.8 Å². The third-order valence-corrected chi connectivity index (χ3v) is 2.66. The summed E-state index contributed by atoms with van der Waals surface area (Å²) in [6.07, 6.45) is 1.24. The van der Waals surface area contributed by atoms with Gasteiger partial charge in [0.25, 0.3) is 0 Å². The van der Waals surface area contributed by atoms with Gasteiger partial charge in [0, 0.05) is 25.7 Å². The lowest BCUT2D eigenvalue weighted by molar-refractivity contribution is 0.186. The standard InChI is InChI=1S/C12H29N3/c1-6-8-15(10-9-14(4)5)12(3)11-13-7-2/h12-13H,6-11H2,1-5H3. The zero-order valence-corrected chi connectivity index (χ0v) is 11.2. The molecular formula is C12H29N3. The smallest absolute Gasteiger partial charge is 0.0192 e. The minimum absolute atomic E-state index is 0.643. The van der Waals surface area contributed by atoms with E-state index in [1.54, 1.807) is 0 Å². The van der Waals surface area contributed by atoms with Crippen molar-refractivity contribution >= 4 is 0 Å². The van der Waals surface area contributed by atoms with Gasteiger partial charge in [-0.1, -0.05) is 13.8 Å². The van der Waals surface area contributed by atoms with Gasteiger partial charge >= 0.3 is 0 Å². The lowest BCUT2D eigenvalue weighted by Crippen LogP contribution is -2.43. The predicted molar refractivity (Wildman–Crippen MR) is 68.4 cm³/mol. The SMILES string of the molecule is CCCN(CCN(C)C)C(C)CNCC. The van der Waals surface area contributed by atoms with E-state index >= 15 is 0 Å². The lowest BCUT2D eigenvalue weighted by Gasteiger charge is -2.30. The van der Waals surface area contributed by atoms with E-state index in [0.717, 1.165) is 19.6 Å². The Kier molecular flexibility index (Phi) is 9.06. The van der Waals surface area contributed by atoms with Crippen LogP contribution in [0.25, 0.3) is 0 Å². The van der Waals surface area contributed by atoms with Crippen LogP contribution in [0, 0.1) is 0 Å². The van der Waals surface area contributed by atoms with Crippen molar-refractivity contribution < 1.29 is 0 Å². The Hall–Kier alpha value is -0.120. The molecule has 0 rings (SSSR count). The van der Waals surface area contributed by atoms with E-state index in [2.05, 4.69) is 50.0 Å². The van der Waals surface area contributed by atoms with Crippen molar-refractivity contribution in [2.24, 2.45) is 0 Å². The van der Waals surface area contributed by atoms with Crippen LogP contribution in [0.5, 0.6) is 0 Å². The molecular weight excluding hydrogens is 186 g/mol. The second-order valence-electron chi connectivity index (χ2n) is 4.50. The third-order valence-electron chi connectivity index (χ3n) is 2.66. The van der Waals surface area contributed by atoms with Crippen molar-refractivity contribution in [2.45, 2.75) is 33.2 Å². The molecule has 0 amide bonds. The maximum absolute atomic E-state index is 3.42. The highest BCUT2D eigenvalue weighted by atomic mass is 15.2. The van der Waals surface area contributed by atoms with Gasteiger partial charge in [-0.15, -0.1) is 0 Å². The molecule has 3 heteroatoms. The molecule has 0 radical (unpaired) electrons. The first-order valence-electron chi connectivity index (χ1n) is 6.21. The highest BCUT2D eigenvalue weighted by molar-refractivity contribution is 4.69. The van der Waals surface area contributed by atoms with Gasteiger partial charge in [0.1, 0.15) is 0 Å². The van der Waals surface area contributed by atoms with Crippen molar-refractivity contribution in [3.8, 4) is 0 Å². The first-order chi connectivity index (χ1) is 7.11. The molecule has 0 aliphatic heterocycles. The lowest BCUT2D eigenvalue weighted by atomic mass is 10.2. The molecule has 1 atom stereocenters. The van der Waals surface area contributed by atoms with Crippen LogP contribution in [0.2, 0.25) is 0 Å². The number of nitrogens with zero attached hydrogens (tertiary/aromatic N) is 2. The second kappa shape index (κ2) is 9.13. The van der Waals surface area contributed by atoms with Gasteiger partial charge in [0.2, 0.25) is 0 Å². The number of rotatable bonds is 9. The minimum Gasteiger partial charge on any atom is -0.315 e. The summed E-state index contributed by atoms with van der Waals surface area (Å²) in [7, 11) is 4.28. The van der Waals surface area contributed by atoms with E-state index in [-0.39, 0.29) is 0 Å². The number of likely N-dealkylation sites (N-methyl/N-ethyl adjacent to an activating group) is 2. The van der Waals surface area contributed by atoms with Crippen molar-refractivity contribution in [3.63, 3.8) is 0 Å². The maximum atomic E-state index is 3.42. The Morgan fingerprint density at radius 2 is 1.73 bits per heavy atom. The molecule has 15 heavy (non-hydrogen) atoms. The summed E-state index contributed by atoms with van der Waals surface area (Å²) in [6, 6.07) is 0.643. The molecule has 0 bridgehead atoms. The van der Waals surface area contributed by atoms with Gasteiger partial charge < -0.3 is 10.2 Å². The minimum atomic E-state index is 0.643. The normalized spacial score (nSPS) is 13.8. The Balaban J connectivity index is 3.88. The van der Waals surface area contributed by atoms with Gasteiger partial charge in [-0.2, -0.15) is 0 Å². The quantitative estimate of drug-likeness (QED) is 0.625. The fraction of sp³-hybridized carbons (Fsp3) is 1.00. The topological polar surface area (TPSA) is 18.5 Å². The van der Waals surface area contributed by atoms with E-state index in [1.165, 1.54) is 19.5 Å². The Morgan fingerprint density at radius 1 is 1.07 bits per heavy atom. The summed E-state index contributed by atoms with van der Waals surface area (Å²) in [5, 5.41) is 3.42. The van der Waals surface area contributed by atoms with Crippen LogP contribution in [0.15, 0.2) is 0 Å². The molecule has 0 fully saturated rings. The summed E-state index contributed by atoms with van der Waals surface area (Å²) in [6.45, 7) is 12.4. The van der Waals surface area contributed by atoms with Crippen molar-refractivity contribution in [1.29, 1.82) is 0 Å². The van der Waals surface area contributed by atoms with E-state index in [9.17, 15) is 0 Å². The van der Waals surface area contributed by atoms with Gasteiger partial charge in [0.15, 0.2) is 0 Å². The second-order valence-corrected chi connectivity index (χ2v) is 4.50. The molecule has 0 aliphatic rings.